The number of nitrogens with one attached hydrogen (secondary N) is 2. The van der Waals surface area contributed by atoms with E-state index >= 15 is 0 Å². The van der Waals surface area contributed by atoms with Crippen LogP contribution in [0, 0.1) is 5.82 Å². The van der Waals surface area contributed by atoms with Crippen molar-refractivity contribution in [3.05, 3.63) is 51.7 Å². The van der Waals surface area contributed by atoms with Crippen LogP contribution in [0.4, 0.5) is 21.7 Å². The molecule has 0 radical (unpaired) electrons. The van der Waals surface area contributed by atoms with Gasteiger partial charge in [-0.25, -0.2) is 9.37 Å². The second-order valence-electron chi connectivity index (χ2n) is 6.62. The molecule has 9 heteroatoms. The van der Waals surface area contributed by atoms with Crippen LogP contribution in [0.1, 0.15) is 33.1 Å². The van der Waals surface area contributed by atoms with Crippen LogP contribution in [-0.4, -0.2) is 20.4 Å². The van der Waals surface area contributed by atoms with E-state index in [0.717, 1.165) is 24.6 Å². The highest BCUT2D eigenvalue weighted by Gasteiger charge is 2.13. The molecule has 0 aliphatic heterocycles. The quantitative estimate of drug-likeness (QED) is 0.553. The van der Waals surface area contributed by atoms with E-state index in [9.17, 15) is 14.0 Å². The van der Waals surface area contributed by atoms with Crippen LogP contribution >= 0.6 is 11.6 Å². The Hall–Kier alpha value is -3.00. The molecular weight excluding hydrogens is 397 g/mol. The number of carbonyl (C=O) groups excluding carboxylic acids is 1. The van der Waals surface area contributed by atoms with E-state index in [-0.39, 0.29) is 22.2 Å². The van der Waals surface area contributed by atoms with Crippen LogP contribution in [-0.2, 0) is 11.3 Å². The third kappa shape index (κ3) is 4.89. The number of carbonyl (C=O) groups is 1. The average Bonchev–Trinajstić information content (AvgIpc) is 2.66. The molecule has 1 amide bonds. The summed E-state index contributed by atoms with van der Waals surface area (Å²) in [6.07, 6.45) is 4.53. The van der Waals surface area contributed by atoms with Crippen molar-refractivity contribution >= 4 is 45.9 Å². The number of rotatable bonds is 7. The molecule has 0 unspecified atom stereocenters. The predicted octanol–water partition coefficient (Wildman–Crippen LogP) is 4.48. The standard InChI is InChI=1S/C20H21ClFN5O2/c1-3-4-5-8-27-17(29)7-6-13-11-23-20(26-19(13)27)25-14-9-15(21)18(16(22)10-14)24-12(2)28/h6-7,9-11H,3-5,8H2,1-2H3,(H,24,28)(H,23,25,26). The van der Waals surface area contributed by atoms with E-state index in [0.29, 0.717) is 17.9 Å². The number of nitrogens with zero attached hydrogens (tertiary/aromatic N) is 3. The Kier molecular flexibility index (Phi) is 6.43. The van der Waals surface area contributed by atoms with Crippen molar-refractivity contribution in [2.75, 3.05) is 10.6 Å². The normalized spacial score (nSPS) is 10.9. The van der Waals surface area contributed by atoms with Crippen LogP contribution in [0.5, 0.6) is 0 Å². The maximum atomic E-state index is 14.3. The van der Waals surface area contributed by atoms with Gasteiger partial charge in [0.05, 0.1) is 10.7 Å². The minimum absolute atomic E-state index is 0.0416. The summed E-state index contributed by atoms with van der Waals surface area (Å²) in [5.74, 6) is -0.909. The van der Waals surface area contributed by atoms with Gasteiger partial charge < -0.3 is 10.6 Å². The lowest BCUT2D eigenvalue weighted by molar-refractivity contribution is -0.114. The molecule has 0 aliphatic carbocycles. The molecule has 2 aromatic heterocycles. The Morgan fingerprint density at radius 1 is 1.28 bits per heavy atom. The first-order valence-corrected chi connectivity index (χ1v) is 9.67. The number of anilines is 3. The second-order valence-corrected chi connectivity index (χ2v) is 7.03. The van der Waals surface area contributed by atoms with Crippen molar-refractivity contribution in [2.24, 2.45) is 0 Å². The molecule has 0 aliphatic rings. The van der Waals surface area contributed by atoms with Gasteiger partial charge in [-0.15, -0.1) is 0 Å². The van der Waals surface area contributed by atoms with Crippen molar-refractivity contribution in [3.8, 4) is 0 Å². The van der Waals surface area contributed by atoms with Crippen LogP contribution in [0.15, 0.2) is 35.3 Å². The van der Waals surface area contributed by atoms with Gasteiger partial charge in [0.1, 0.15) is 11.5 Å². The molecule has 1 aromatic carbocycles. The number of amides is 1. The molecule has 3 aromatic rings. The fourth-order valence-electron chi connectivity index (χ4n) is 2.94. The molecule has 0 spiro atoms. The van der Waals surface area contributed by atoms with Gasteiger partial charge in [-0.1, -0.05) is 31.4 Å². The van der Waals surface area contributed by atoms with E-state index in [2.05, 4.69) is 27.5 Å². The average molecular weight is 418 g/mol. The van der Waals surface area contributed by atoms with Crippen molar-refractivity contribution in [1.29, 1.82) is 0 Å². The predicted molar refractivity (Wildman–Crippen MR) is 112 cm³/mol. The van der Waals surface area contributed by atoms with Crippen LogP contribution in [0.2, 0.25) is 5.02 Å². The minimum Gasteiger partial charge on any atom is -0.324 e. The summed E-state index contributed by atoms with van der Waals surface area (Å²) in [6.45, 7) is 3.93. The minimum atomic E-state index is -0.688. The number of unbranched alkanes of at least 4 members (excludes halogenated alkanes) is 2. The van der Waals surface area contributed by atoms with Crippen molar-refractivity contribution in [1.82, 2.24) is 14.5 Å². The van der Waals surface area contributed by atoms with Crippen molar-refractivity contribution in [2.45, 2.75) is 39.7 Å². The van der Waals surface area contributed by atoms with Crippen LogP contribution < -0.4 is 16.2 Å². The summed E-state index contributed by atoms with van der Waals surface area (Å²) >= 11 is 6.08. The third-order valence-electron chi connectivity index (χ3n) is 4.31. The molecule has 3 rings (SSSR count). The number of fused-ring (bicyclic) bond motifs is 1. The van der Waals surface area contributed by atoms with Gasteiger partial charge in [-0.05, 0) is 24.6 Å². The van der Waals surface area contributed by atoms with Crippen LogP contribution in [0.3, 0.4) is 0 Å². The maximum Gasteiger partial charge on any atom is 0.252 e. The zero-order valence-corrected chi connectivity index (χ0v) is 16.9. The number of hydrogen-bond donors (Lipinski definition) is 2. The zero-order chi connectivity index (χ0) is 21.0. The Labute approximate surface area is 171 Å². The van der Waals surface area contributed by atoms with Gasteiger partial charge in [0.2, 0.25) is 11.9 Å². The molecule has 0 saturated carbocycles. The summed E-state index contributed by atoms with van der Waals surface area (Å²) in [5.41, 5.74) is 0.602. The molecule has 2 N–H and O–H groups in total. The van der Waals surface area contributed by atoms with E-state index in [1.807, 2.05) is 0 Å². The molecule has 7 nitrogen and oxygen atoms in total. The number of aromatic nitrogens is 3. The molecule has 152 valence electrons. The first-order valence-electron chi connectivity index (χ1n) is 9.29. The van der Waals surface area contributed by atoms with Gasteiger partial charge in [0.25, 0.3) is 5.56 Å². The Balaban J connectivity index is 1.93. The first-order chi connectivity index (χ1) is 13.9. The SMILES string of the molecule is CCCCCn1c(=O)ccc2cnc(Nc3cc(F)c(NC(C)=O)c(Cl)c3)nc21. The van der Waals surface area contributed by atoms with Crippen LogP contribution in [0.25, 0.3) is 11.0 Å². The van der Waals surface area contributed by atoms with Gasteiger partial charge >= 0.3 is 0 Å². The number of hydrogen-bond acceptors (Lipinski definition) is 5. The zero-order valence-electron chi connectivity index (χ0n) is 16.1. The fraction of sp³-hybridized carbons (Fsp3) is 0.300. The summed E-state index contributed by atoms with van der Waals surface area (Å²) in [6, 6.07) is 5.82. The molecule has 0 fully saturated rings. The highest BCUT2D eigenvalue weighted by Crippen LogP contribution is 2.30. The molecule has 0 atom stereocenters. The molecule has 2 heterocycles. The largest absolute Gasteiger partial charge is 0.324 e. The first kappa shape index (κ1) is 20.7. The maximum absolute atomic E-state index is 14.3. The van der Waals surface area contributed by atoms with Gasteiger partial charge in [-0.3, -0.25) is 14.2 Å². The highest BCUT2D eigenvalue weighted by atomic mass is 35.5. The highest BCUT2D eigenvalue weighted by molar-refractivity contribution is 6.34. The molecular formula is C20H21ClFN5O2. The summed E-state index contributed by atoms with van der Waals surface area (Å²) in [5, 5.41) is 6.02. The molecule has 0 bridgehead atoms. The molecule has 29 heavy (non-hydrogen) atoms. The summed E-state index contributed by atoms with van der Waals surface area (Å²) < 4.78 is 15.9. The number of halogens is 2. The van der Waals surface area contributed by atoms with E-state index in [1.165, 1.54) is 25.1 Å². The van der Waals surface area contributed by atoms with E-state index in [1.54, 1.807) is 16.8 Å². The summed E-state index contributed by atoms with van der Waals surface area (Å²) in [7, 11) is 0. The Morgan fingerprint density at radius 2 is 2.07 bits per heavy atom. The lowest BCUT2D eigenvalue weighted by Crippen LogP contribution is -2.20. The smallest absolute Gasteiger partial charge is 0.252 e. The topological polar surface area (TPSA) is 88.9 Å². The number of aryl methyl sites for hydroxylation is 1. The lowest BCUT2D eigenvalue weighted by Gasteiger charge is -2.12. The van der Waals surface area contributed by atoms with E-state index < -0.39 is 11.7 Å². The van der Waals surface area contributed by atoms with Crippen molar-refractivity contribution in [3.63, 3.8) is 0 Å². The fourth-order valence-corrected chi connectivity index (χ4v) is 3.19. The summed E-state index contributed by atoms with van der Waals surface area (Å²) in [4.78, 5) is 32.1. The molecule has 0 saturated heterocycles. The van der Waals surface area contributed by atoms with Crippen molar-refractivity contribution < 1.29 is 9.18 Å². The monoisotopic (exact) mass is 417 g/mol. The van der Waals surface area contributed by atoms with Gasteiger partial charge in [-0.2, -0.15) is 4.98 Å². The lowest BCUT2D eigenvalue weighted by atomic mass is 10.2. The second kappa shape index (κ2) is 9.00. The Bertz CT molecular complexity index is 1090. The number of pyridine rings is 1. The third-order valence-corrected chi connectivity index (χ3v) is 4.61. The van der Waals surface area contributed by atoms with E-state index in [4.69, 9.17) is 11.6 Å². The number of benzene rings is 1. The van der Waals surface area contributed by atoms with Gasteiger partial charge in [0, 0.05) is 36.8 Å². The van der Waals surface area contributed by atoms with Gasteiger partial charge in [0.15, 0.2) is 0 Å². The Morgan fingerprint density at radius 3 is 2.76 bits per heavy atom.